The number of aromatic nitrogens is 2. The van der Waals surface area contributed by atoms with Gasteiger partial charge < -0.3 is 10.1 Å². The molecule has 0 unspecified atom stereocenters. The molecule has 0 saturated heterocycles. The van der Waals surface area contributed by atoms with Crippen molar-refractivity contribution in [2.24, 2.45) is 0 Å². The van der Waals surface area contributed by atoms with E-state index in [4.69, 9.17) is 4.74 Å². The molecule has 31 heavy (non-hydrogen) atoms. The van der Waals surface area contributed by atoms with E-state index in [-0.39, 0.29) is 11.7 Å². The molecule has 1 N–H and O–H groups in total. The number of benzene rings is 2. The number of hydrogen-bond donors (Lipinski definition) is 1. The number of hydrogen-bond acceptors (Lipinski definition) is 4. The third kappa shape index (κ3) is 5.38. The Labute approximate surface area is 184 Å². The van der Waals surface area contributed by atoms with Gasteiger partial charge in [0.05, 0.1) is 11.4 Å². The molecule has 1 amide bonds. The highest BCUT2D eigenvalue weighted by atomic mass is 32.1. The summed E-state index contributed by atoms with van der Waals surface area (Å²) < 4.78 is 21.3. The molecule has 4 aromatic rings. The van der Waals surface area contributed by atoms with Gasteiger partial charge in [-0.3, -0.25) is 9.48 Å². The first kappa shape index (κ1) is 20.8. The van der Waals surface area contributed by atoms with E-state index in [2.05, 4.69) is 16.5 Å². The maximum absolute atomic E-state index is 13.8. The molecule has 0 aliphatic carbocycles. The molecule has 7 heteroatoms. The van der Waals surface area contributed by atoms with Crippen molar-refractivity contribution in [3.63, 3.8) is 0 Å². The molecule has 158 valence electrons. The number of halogens is 1. The van der Waals surface area contributed by atoms with E-state index in [0.29, 0.717) is 29.4 Å². The van der Waals surface area contributed by atoms with E-state index >= 15 is 0 Å². The molecule has 0 saturated carbocycles. The van der Waals surface area contributed by atoms with Crippen molar-refractivity contribution in [1.82, 2.24) is 9.78 Å². The smallest absolute Gasteiger partial charge is 0.266 e. The Morgan fingerprint density at radius 1 is 1.13 bits per heavy atom. The van der Waals surface area contributed by atoms with Crippen LogP contribution >= 0.6 is 11.3 Å². The summed E-state index contributed by atoms with van der Waals surface area (Å²) in [6.45, 7) is 4.75. The predicted octanol–water partition coefficient (Wildman–Crippen LogP) is 5.58. The highest BCUT2D eigenvalue weighted by molar-refractivity contribution is 7.12. The third-order valence-corrected chi connectivity index (χ3v) is 5.63. The number of carbonyl (C=O) groups excluding carboxylic acids is 1. The first-order valence-corrected chi connectivity index (χ1v) is 10.7. The summed E-state index contributed by atoms with van der Waals surface area (Å²) in [5.41, 5.74) is 3.76. The van der Waals surface area contributed by atoms with Crippen LogP contribution in [-0.2, 0) is 13.2 Å². The number of aryl methyl sites for hydroxylation is 2. The Bertz CT molecular complexity index is 1190. The number of nitrogens with one attached hydrogen (secondary N) is 1. The standard InChI is InChI=1S/C24H22FN3O2S/c1-16-9-17(2)11-20(10-16)30-14-18-12-22(31-15-18)24(29)26-23-7-8-28(27-23)13-19-5-3-4-6-21(19)25/h3-12,15H,13-14H2,1-2H3,(H,26,27,29). The van der Waals surface area contributed by atoms with E-state index < -0.39 is 0 Å². The number of anilines is 1. The van der Waals surface area contributed by atoms with E-state index in [1.54, 1.807) is 35.1 Å². The Hall–Kier alpha value is -3.45. The topological polar surface area (TPSA) is 56.1 Å². The maximum atomic E-state index is 13.8. The molecule has 0 radical (unpaired) electrons. The van der Waals surface area contributed by atoms with Crippen molar-refractivity contribution in [3.05, 3.63) is 99.1 Å². The second kappa shape index (κ2) is 9.14. The molecule has 2 heterocycles. The fourth-order valence-corrected chi connectivity index (χ4v) is 4.04. The SMILES string of the molecule is Cc1cc(C)cc(OCc2csc(C(=O)Nc3ccn(Cc4ccccc4F)n3)c2)c1. The average Bonchev–Trinajstić information content (AvgIpc) is 3.37. The summed E-state index contributed by atoms with van der Waals surface area (Å²) in [6.07, 6.45) is 1.71. The lowest BCUT2D eigenvalue weighted by molar-refractivity contribution is 0.103. The van der Waals surface area contributed by atoms with Crippen molar-refractivity contribution in [3.8, 4) is 5.75 Å². The van der Waals surface area contributed by atoms with Gasteiger partial charge in [0.1, 0.15) is 18.2 Å². The van der Waals surface area contributed by atoms with Crippen molar-refractivity contribution in [1.29, 1.82) is 0 Å². The first-order valence-electron chi connectivity index (χ1n) is 9.83. The summed E-state index contributed by atoms with van der Waals surface area (Å²) >= 11 is 1.35. The van der Waals surface area contributed by atoms with Crippen LogP contribution < -0.4 is 10.1 Å². The minimum atomic E-state index is -0.280. The lowest BCUT2D eigenvalue weighted by atomic mass is 10.1. The van der Waals surface area contributed by atoms with Gasteiger partial charge in [-0.05, 0) is 54.6 Å². The molecule has 0 spiro atoms. The summed E-state index contributed by atoms with van der Waals surface area (Å²) in [7, 11) is 0. The number of ether oxygens (including phenoxy) is 1. The van der Waals surface area contributed by atoms with E-state index in [1.165, 1.54) is 17.4 Å². The fourth-order valence-electron chi connectivity index (χ4n) is 3.25. The lowest BCUT2D eigenvalue weighted by Gasteiger charge is -2.07. The largest absolute Gasteiger partial charge is 0.489 e. The Kier molecular flexibility index (Phi) is 6.13. The van der Waals surface area contributed by atoms with Crippen LogP contribution in [0.15, 0.2) is 66.2 Å². The van der Waals surface area contributed by atoms with Gasteiger partial charge in [0.25, 0.3) is 5.91 Å². The van der Waals surface area contributed by atoms with Crippen LogP contribution in [0, 0.1) is 19.7 Å². The predicted molar refractivity (Wildman–Crippen MR) is 120 cm³/mol. The average molecular weight is 436 g/mol. The van der Waals surface area contributed by atoms with Gasteiger partial charge in [0.2, 0.25) is 0 Å². The highest BCUT2D eigenvalue weighted by Gasteiger charge is 2.12. The molecule has 5 nitrogen and oxygen atoms in total. The molecule has 0 fully saturated rings. The Balaban J connectivity index is 1.35. The lowest BCUT2D eigenvalue weighted by Crippen LogP contribution is -2.11. The van der Waals surface area contributed by atoms with Crippen molar-refractivity contribution >= 4 is 23.1 Å². The van der Waals surface area contributed by atoms with Crippen LogP contribution in [-0.4, -0.2) is 15.7 Å². The fraction of sp³-hybridized carbons (Fsp3) is 0.167. The number of amides is 1. The second-order valence-corrected chi connectivity index (χ2v) is 8.29. The Morgan fingerprint density at radius 2 is 1.90 bits per heavy atom. The zero-order valence-corrected chi connectivity index (χ0v) is 18.1. The van der Waals surface area contributed by atoms with Gasteiger partial charge in [-0.25, -0.2) is 4.39 Å². The molecule has 0 atom stereocenters. The van der Waals surface area contributed by atoms with E-state index in [9.17, 15) is 9.18 Å². The van der Waals surface area contributed by atoms with Crippen LogP contribution in [0.4, 0.5) is 10.2 Å². The molecule has 0 bridgehead atoms. The molecular formula is C24H22FN3O2S. The summed E-state index contributed by atoms with van der Waals surface area (Å²) in [5, 5.41) is 9.01. The minimum absolute atomic E-state index is 0.237. The van der Waals surface area contributed by atoms with Gasteiger partial charge in [0.15, 0.2) is 5.82 Å². The monoisotopic (exact) mass is 435 g/mol. The molecule has 2 aromatic heterocycles. The zero-order chi connectivity index (χ0) is 21.8. The third-order valence-electron chi connectivity index (χ3n) is 4.65. The van der Waals surface area contributed by atoms with Gasteiger partial charge in [-0.2, -0.15) is 5.10 Å². The first-order chi connectivity index (χ1) is 15.0. The van der Waals surface area contributed by atoms with Crippen LogP contribution in [0.3, 0.4) is 0 Å². The molecule has 2 aromatic carbocycles. The zero-order valence-electron chi connectivity index (χ0n) is 17.3. The van der Waals surface area contributed by atoms with E-state index in [0.717, 1.165) is 22.4 Å². The summed E-state index contributed by atoms with van der Waals surface area (Å²) in [4.78, 5) is 13.1. The molecular weight excluding hydrogens is 413 g/mol. The van der Waals surface area contributed by atoms with E-state index in [1.807, 2.05) is 37.4 Å². The number of carbonyl (C=O) groups is 1. The minimum Gasteiger partial charge on any atom is -0.489 e. The number of thiophene rings is 1. The van der Waals surface area contributed by atoms with Crippen molar-refractivity contribution < 1.29 is 13.9 Å². The van der Waals surface area contributed by atoms with Gasteiger partial charge in [-0.15, -0.1) is 11.3 Å². The second-order valence-electron chi connectivity index (χ2n) is 7.38. The molecule has 0 aliphatic rings. The maximum Gasteiger partial charge on any atom is 0.266 e. The van der Waals surface area contributed by atoms with Gasteiger partial charge in [0, 0.05) is 23.4 Å². The highest BCUT2D eigenvalue weighted by Crippen LogP contribution is 2.21. The van der Waals surface area contributed by atoms with Crippen molar-refractivity contribution in [2.45, 2.75) is 27.0 Å². The molecule has 0 aliphatic heterocycles. The van der Waals surface area contributed by atoms with Crippen LogP contribution in [0.5, 0.6) is 5.75 Å². The molecule has 4 rings (SSSR count). The Morgan fingerprint density at radius 3 is 2.68 bits per heavy atom. The number of rotatable bonds is 7. The van der Waals surface area contributed by atoms with Crippen molar-refractivity contribution in [2.75, 3.05) is 5.32 Å². The quantitative estimate of drug-likeness (QED) is 0.412. The van der Waals surface area contributed by atoms with Gasteiger partial charge >= 0.3 is 0 Å². The number of nitrogens with zero attached hydrogens (tertiary/aromatic N) is 2. The van der Waals surface area contributed by atoms with Crippen LogP contribution in [0.25, 0.3) is 0 Å². The summed E-state index contributed by atoms with van der Waals surface area (Å²) in [6, 6.07) is 16.1. The summed E-state index contributed by atoms with van der Waals surface area (Å²) in [5.74, 6) is 0.717. The van der Waals surface area contributed by atoms with Crippen LogP contribution in [0.1, 0.15) is 31.9 Å². The van der Waals surface area contributed by atoms with Crippen LogP contribution in [0.2, 0.25) is 0 Å². The van der Waals surface area contributed by atoms with Gasteiger partial charge in [-0.1, -0.05) is 24.3 Å². The normalized spacial score (nSPS) is 10.8.